The van der Waals surface area contributed by atoms with Gasteiger partial charge in [0.25, 0.3) is 0 Å². The van der Waals surface area contributed by atoms with Crippen molar-refractivity contribution in [3.05, 3.63) is 0 Å². The second-order valence-electron chi connectivity index (χ2n) is 0.429. The van der Waals surface area contributed by atoms with Crippen molar-refractivity contribution in [3.63, 3.8) is 0 Å². The molecule has 0 unspecified atom stereocenters. The van der Waals surface area contributed by atoms with Crippen LogP contribution in [0.25, 0.3) is 0 Å². The van der Waals surface area contributed by atoms with Gasteiger partial charge in [0, 0.05) is 0 Å². The van der Waals surface area contributed by atoms with Crippen molar-refractivity contribution >= 4 is 72.5 Å². The molecule has 1 nitrogen and oxygen atoms in total. The third-order valence-corrected chi connectivity index (χ3v) is 0. The Bertz CT molecular complexity index is 23.0. The van der Waals surface area contributed by atoms with Gasteiger partial charge in [0.05, 0.1) is 0 Å². The SMILES string of the molecule is O.[I][Hf]([I])([I])[I]. The molecule has 0 rings (SSSR count). The van der Waals surface area contributed by atoms with Crippen LogP contribution in [0, 0.1) is 0 Å². The predicted molar refractivity (Wildman–Crippen MR) is 59.7 cm³/mol. The first-order chi connectivity index (χ1) is 2.00. The van der Waals surface area contributed by atoms with Crippen LogP contribution in [-0.4, -0.2) is 5.48 Å². The Hall–Kier alpha value is 3.75. The van der Waals surface area contributed by atoms with Crippen molar-refractivity contribution in [2.45, 2.75) is 0 Å². The van der Waals surface area contributed by atoms with E-state index in [2.05, 4.69) is 72.5 Å². The van der Waals surface area contributed by atoms with Gasteiger partial charge in [-0.25, -0.2) is 0 Å². The molecular weight excluding hydrogens is 702 g/mol. The fourth-order valence-corrected chi connectivity index (χ4v) is 0. The molecule has 0 aliphatic carbocycles. The van der Waals surface area contributed by atoms with Crippen molar-refractivity contribution < 1.29 is 8.82 Å². The molecule has 0 aliphatic rings. The summed E-state index contributed by atoms with van der Waals surface area (Å²) in [6.45, 7) is 0. The molecule has 0 atom stereocenters. The third-order valence-electron chi connectivity index (χ3n) is 0. The van der Waals surface area contributed by atoms with Crippen LogP contribution < -0.4 is 0 Å². The maximum absolute atomic E-state index is 2.56. The summed E-state index contributed by atoms with van der Waals surface area (Å²) in [7, 11) is 0. The van der Waals surface area contributed by atoms with Gasteiger partial charge in [0.2, 0.25) is 0 Å². The van der Waals surface area contributed by atoms with Crippen molar-refractivity contribution in [3.8, 4) is 0 Å². The maximum atomic E-state index is 2.56. The Balaban J connectivity index is 0. The van der Waals surface area contributed by atoms with Gasteiger partial charge in [-0.15, -0.1) is 0 Å². The summed E-state index contributed by atoms with van der Waals surface area (Å²) in [6, 6.07) is 0. The quantitative estimate of drug-likeness (QED) is 0.275. The molecule has 0 saturated carbocycles. The topological polar surface area (TPSA) is 31.5 Å². The molecule has 0 aromatic carbocycles. The predicted octanol–water partition coefficient (Wildman–Crippen LogP) is 2.72. The molecule has 0 aromatic heterocycles. The van der Waals surface area contributed by atoms with E-state index in [1.165, 1.54) is 0 Å². The summed E-state index contributed by atoms with van der Waals surface area (Å²) >= 11 is 10.2. The van der Waals surface area contributed by atoms with E-state index in [1.807, 2.05) is 0 Å². The second kappa shape index (κ2) is 5.53. The molecule has 0 spiro atoms. The average molecular weight is 704 g/mol. The summed E-state index contributed by atoms with van der Waals surface area (Å²) in [5, 5.41) is 0. The third kappa shape index (κ3) is 25.1. The van der Waals surface area contributed by atoms with Crippen molar-refractivity contribution in [2.75, 3.05) is 0 Å². The fourth-order valence-electron chi connectivity index (χ4n) is 0. The minimum atomic E-state index is -1.40. The molecule has 0 aliphatic heterocycles. The number of halogens is 4. The van der Waals surface area contributed by atoms with E-state index in [0.29, 0.717) is 0 Å². The molecule has 0 heterocycles. The molecule has 6 heteroatoms. The van der Waals surface area contributed by atoms with Crippen LogP contribution in [-0.2, 0) is 3.35 Å². The van der Waals surface area contributed by atoms with Crippen LogP contribution in [0.4, 0.5) is 0 Å². The molecule has 0 aromatic rings. The summed E-state index contributed by atoms with van der Waals surface area (Å²) in [5.41, 5.74) is 0. The number of rotatable bonds is 0. The van der Waals surface area contributed by atoms with E-state index >= 15 is 0 Å². The van der Waals surface area contributed by atoms with Gasteiger partial charge < -0.3 is 5.48 Å². The Morgan fingerprint density at radius 3 is 0.833 bits per heavy atom. The van der Waals surface area contributed by atoms with Gasteiger partial charge in [-0.1, -0.05) is 0 Å². The van der Waals surface area contributed by atoms with Gasteiger partial charge in [-0.3, -0.25) is 0 Å². The van der Waals surface area contributed by atoms with Gasteiger partial charge >= 0.3 is 75.9 Å². The molecule has 0 amide bonds. The molecule has 0 bridgehead atoms. The Morgan fingerprint density at radius 1 is 0.833 bits per heavy atom. The fraction of sp³-hybridized carbons (Fsp3) is 0. The summed E-state index contributed by atoms with van der Waals surface area (Å²) in [4.78, 5) is 0. The van der Waals surface area contributed by atoms with Crippen molar-refractivity contribution in [1.29, 1.82) is 0 Å². The van der Waals surface area contributed by atoms with Crippen LogP contribution in [0.3, 0.4) is 0 Å². The molecule has 0 saturated heterocycles. The monoisotopic (exact) mass is 706 g/mol. The first kappa shape index (κ1) is 12.4. The van der Waals surface area contributed by atoms with Crippen LogP contribution in [0.5, 0.6) is 0 Å². The van der Waals surface area contributed by atoms with E-state index in [9.17, 15) is 0 Å². The zero-order chi connectivity index (χ0) is 4.50. The molecule has 0 radical (unpaired) electrons. The second-order valence-corrected chi connectivity index (χ2v) is 158. The normalized spacial score (nSPS) is 10.0. The van der Waals surface area contributed by atoms with Gasteiger partial charge in [-0.05, 0) is 0 Å². The number of hydrogen-bond acceptors (Lipinski definition) is 0. The summed E-state index contributed by atoms with van der Waals surface area (Å²) in [5.74, 6) is 0. The zero-order valence-electron chi connectivity index (χ0n) is 2.51. The Morgan fingerprint density at radius 2 is 0.833 bits per heavy atom. The van der Waals surface area contributed by atoms with Gasteiger partial charge in [-0.2, -0.15) is 0 Å². The Kier molecular flexibility index (Phi) is 11.5. The summed E-state index contributed by atoms with van der Waals surface area (Å²) < 4.78 is -1.40. The molecule has 40 valence electrons. The standard InChI is InChI=1S/Hf.4HI.H2O/h;4*1H;1H2/q+4;;;;;/p-4. The van der Waals surface area contributed by atoms with Crippen LogP contribution >= 0.6 is 72.5 Å². The molecule has 2 N–H and O–H groups in total. The number of hydrogen-bond donors (Lipinski definition) is 0. The van der Waals surface area contributed by atoms with Crippen molar-refractivity contribution in [1.82, 2.24) is 0 Å². The van der Waals surface area contributed by atoms with Crippen molar-refractivity contribution in [2.24, 2.45) is 0 Å². The van der Waals surface area contributed by atoms with E-state index in [0.717, 1.165) is 0 Å². The zero-order valence-corrected chi connectivity index (χ0v) is 14.7. The van der Waals surface area contributed by atoms with E-state index in [4.69, 9.17) is 0 Å². The first-order valence-corrected chi connectivity index (χ1v) is 41.5. The Labute approximate surface area is 78.5 Å². The van der Waals surface area contributed by atoms with Crippen LogP contribution in [0.2, 0.25) is 0 Å². The van der Waals surface area contributed by atoms with E-state index < -0.39 is 3.35 Å². The van der Waals surface area contributed by atoms with Gasteiger partial charge in [0.1, 0.15) is 0 Å². The molecular formula is H2HfI4O. The average Bonchev–Trinajstić information content (AvgIpc) is 0.722. The van der Waals surface area contributed by atoms with E-state index in [1.54, 1.807) is 0 Å². The molecule has 6 heavy (non-hydrogen) atoms. The minimum absolute atomic E-state index is 0. The summed E-state index contributed by atoms with van der Waals surface area (Å²) in [6.07, 6.45) is 0. The van der Waals surface area contributed by atoms with Crippen LogP contribution in [0.15, 0.2) is 0 Å². The molecule has 0 fully saturated rings. The van der Waals surface area contributed by atoms with Gasteiger partial charge in [0.15, 0.2) is 0 Å². The first-order valence-electron chi connectivity index (χ1n) is 0.756. The van der Waals surface area contributed by atoms with Crippen LogP contribution in [0.1, 0.15) is 0 Å². The van der Waals surface area contributed by atoms with E-state index in [-0.39, 0.29) is 5.48 Å².